The molecule has 0 N–H and O–H groups in total. The molecule has 1 atom stereocenters. The van der Waals surface area contributed by atoms with Gasteiger partial charge in [0.2, 0.25) is 5.91 Å². The zero-order valence-corrected chi connectivity index (χ0v) is 14.8. The van der Waals surface area contributed by atoms with Gasteiger partial charge in [-0.1, -0.05) is 6.07 Å². The Kier molecular flexibility index (Phi) is 4.51. The first kappa shape index (κ1) is 17.8. The highest BCUT2D eigenvalue weighted by Gasteiger charge is 2.34. The van der Waals surface area contributed by atoms with Gasteiger partial charge >= 0.3 is 6.18 Å². The summed E-state index contributed by atoms with van der Waals surface area (Å²) in [6.07, 6.45) is 0.641. The number of carbonyl (C=O) groups is 1. The summed E-state index contributed by atoms with van der Waals surface area (Å²) in [6.45, 7) is 0.359. The molecular formula is C19H15F3N2O2S. The highest BCUT2D eigenvalue weighted by atomic mass is 32.2. The molecule has 3 aromatic rings. The summed E-state index contributed by atoms with van der Waals surface area (Å²) in [7, 11) is 0. The van der Waals surface area contributed by atoms with Gasteiger partial charge in [0.1, 0.15) is 11.1 Å². The van der Waals surface area contributed by atoms with Crippen LogP contribution in [0.3, 0.4) is 0 Å². The van der Waals surface area contributed by atoms with E-state index in [1.54, 1.807) is 46.3 Å². The Morgan fingerprint density at radius 2 is 2.04 bits per heavy atom. The smallest absolute Gasteiger partial charge is 0.416 e. The SMILES string of the molecule is O=C1CS[C@H](c2ccn(-c3cccc(C(F)(F)F)c3)c2)N1Cc1ccco1. The fourth-order valence-corrected chi connectivity index (χ4v) is 4.20. The van der Waals surface area contributed by atoms with Crippen LogP contribution < -0.4 is 0 Å². The van der Waals surface area contributed by atoms with Crippen LogP contribution in [0.2, 0.25) is 0 Å². The lowest BCUT2D eigenvalue weighted by Gasteiger charge is -2.22. The zero-order valence-electron chi connectivity index (χ0n) is 14.0. The highest BCUT2D eigenvalue weighted by Crippen LogP contribution is 2.40. The third-order valence-electron chi connectivity index (χ3n) is 4.35. The molecule has 140 valence electrons. The average molecular weight is 392 g/mol. The lowest BCUT2D eigenvalue weighted by molar-refractivity contribution is -0.137. The fraction of sp³-hybridized carbons (Fsp3) is 0.211. The molecule has 1 aromatic carbocycles. The summed E-state index contributed by atoms with van der Waals surface area (Å²) >= 11 is 1.49. The number of benzene rings is 1. The maximum atomic E-state index is 12.9. The molecule has 27 heavy (non-hydrogen) atoms. The van der Waals surface area contributed by atoms with E-state index in [4.69, 9.17) is 4.42 Å². The number of amides is 1. The van der Waals surface area contributed by atoms with Crippen LogP contribution in [-0.2, 0) is 17.5 Å². The molecule has 0 aliphatic carbocycles. The molecule has 0 unspecified atom stereocenters. The van der Waals surface area contributed by atoms with E-state index >= 15 is 0 Å². The fourth-order valence-electron chi connectivity index (χ4n) is 3.03. The van der Waals surface area contributed by atoms with Gasteiger partial charge in [-0.05, 0) is 36.4 Å². The number of halogens is 3. The number of rotatable bonds is 4. The average Bonchev–Trinajstić information content (AvgIpc) is 3.37. The van der Waals surface area contributed by atoms with Gasteiger partial charge in [-0.25, -0.2) is 0 Å². The van der Waals surface area contributed by atoms with Crippen molar-refractivity contribution >= 4 is 17.7 Å². The van der Waals surface area contributed by atoms with E-state index in [2.05, 4.69) is 0 Å². The third kappa shape index (κ3) is 3.62. The lowest BCUT2D eigenvalue weighted by Crippen LogP contribution is -2.27. The van der Waals surface area contributed by atoms with Crippen molar-refractivity contribution in [3.63, 3.8) is 0 Å². The van der Waals surface area contributed by atoms with E-state index in [0.717, 1.165) is 17.7 Å². The van der Waals surface area contributed by atoms with Gasteiger partial charge in [-0.3, -0.25) is 4.79 Å². The lowest BCUT2D eigenvalue weighted by atomic mass is 10.2. The number of aromatic nitrogens is 1. The van der Waals surface area contributed by atoms with Crippen molar-refractivity contribution in [2.75, 3.05) is 5.75 Å². The summed E-state index contributed by atoms with van der Waals surface area (Å²) < 4.78 is 45.8. The molecule has 1 amide bonds. The Balaban J connectivity index is 1.59. The van der Waals surface area contributed by atoms with E-state index in [-0.39, 0.29) is 11.3 Å². The number of thioether (sulfide) groups is 1. The van der Waals surface area contributed by atoms with Gasteiger partial charge in [0.05, 0.1) is 24.1 Å². The normalized spacial score (nSPS) is 17.7. The molecular weight excluding hydrogens is 377 g/mol. The Labute approximate surface area is 157 Å². The minimum absolute atomic E-state index is 0.00761. The summed E-state index contributed by atoms with van der Waals surface area (Å²) in [5, 5.41) is -0.199. The second-order valence-electron chi connectivity index (χ2n) is 6.16. The van der Waals surface area contributed by atoms with Crippen LogP contribution >= 0.6 is 11.8 Å². The van der Waals surface area contributed by atoms with Gasteiger partial charge in [0, 0.05) is 23.6 Å². The molecule has 3 heterocycles. The molecule has 0 radical (unpaired) electrons. The van der Waals surface area contributed by atoms with Gasteiger partial charge in [-0.2, -0.15) is 13.2 Å². The third-order valence-corrected chi connectivity index (χ3v) is 5.60. The minimum Gasteiger partial charge on any atom is -0.467 e. The van der Waals surface area contributed by atoms with Gasteiger partial charge in [0.25, 0.3) is 0 Å². The topological polar surface area (TPSA) is 38.4 Å². The number of furan rings is 1. The minimum atomic E-state index is -4.39. The Hall–Kier alpha value is -2.61. The van der Waals surface area contributed by atoms with Crippen LogP contribution in [-0.4, -0.2) is 21.1 Å². The van der Waals surface area contributed by atoms with Crippen molar-refractivity contribution in [2.24, 2.45) is 0 Å². The van der Waals surface area contributed by atoms with Crippen LogP contribution in [0.4, 0.5) is 13.2 Å². The molecule has 4 nitrogen and oxygen atoms in total. The molecule has 1 aliphatic heterocycles. The van der Waals surface area contributed by atoms with Crippen molar-refractivity contribution in [3.05, 3.63) is 78.0 Å². The molecule has 0 saturated carbocycles. The molecule has 8 heteroatoms. The number of nitrogens with zero attached hydrogens (tertiary/aromatic N) is 2. The predicted octanol–water partition coefficient (Wildman–Crippen LogP) is 4.86. The van der Waals surface area contributed by atoms with Crippen LogP contribution in [0.25, 0.3) is 5.69 Å². The number of carbonyl (C=O) groups excluding carboxylic acids is 1. The number of alkyl halides is 3. The predicted molar refractivity (Wildman–Crippen MR) is 95.2 cm³/mol. The summed E-state index contributed by atoms with van der Waals surface area (Å²) in [6, 6.07) is 10.6. The van der Waals surface area contributed by atoms with Gasteiger partial charge in [-0.15, -0.1) is 11.8 Å². The first-order valence-electron chi connectivity index (χ1n) is 8.21. The molecule has 1 aliphatic rings. The van der Waals surface area contributed by atoms with E-state index in [1.807, 2.05) is 6.07 Å². The van der Waals surface area contributed by atoms with Gasteiger partial charge < -0.3 is 13.9 Å². The van der Waals surface area contributed by atoms with E-state index in [0.29, 0.717) is 23.7 Å². The largest absolute Gasteiger partial charge is 0.467 e. The van der Waals surface area contributed by atoms with Crippen LogP contribution in [0.5, 0.6) is 0 Å². The van der Waals surface area contributed by atoms with E-state index < -0.39 is 11.7 Å². The quantitative estimate of drug-likeness (QED) is 0.636. The highest BCUT2D eigenvalue weighted by molar-refractivity contribution is 8.00. The maximum absolute atomic E-state index is 12.9. The van der Waals surface area contributed by atoms with Crippen molar-refractivity contribution < 1.29 is 22.4 Å². The van der Waals surface area contributed by atoms with E-state index in [1.165, 1.54) is 17.8 Å². The van der Waals surface area contributed by atoms with Crippen molar-refractivity contribution in [1.29, 1.82) is 0 Å². The second kappa shape index (κ2) is 6.84. The van der Waals surface area contributed by atoms with Crippen LogP contribution in [0, 0.1) is 0 Å². The molecule has 1 saturated heterocycles. The Morgan fingerprint density at radius 3 is 2.78 bits per heavy atom. The molecule has 2 aromatic heterocycles. The number of hydrogen-bond donors (Lipinski definition) is 0. The monoisotopic (exact) mass is 392 g/mol. The second-order valence-corrected chi connectivity index (χ2v) is 7.23. The standard InChI is InChI=1S/C19H15F3N2O2S/c20-19(21,22)14-3-1-4-15(9-14)23-7-6-13(10-23)18-24(17(25)12-27-18)11-16-5-2-8-26-16/h1-10,18H,11-12H2/t18-/m1/s1. The molecule has 1 fully saturated rings. The Morgan fingerprint density at radius 1 is 1.19 bits per heavy atom. The van der Waals surface area contributed by atoms with E-state index in [9.17, 15) is 18.0 Å². The summed E-state index contributed by atoms with van der Waals surface area (Å²) in [5.41, 5.74) is 0.581. The van der Waals surface area contributed by atoms with Crippen molar-refractivity contribution in [2.45, 2.75) is 18.1 Å². The number of hydrogen-bond acceptors (Lipinski definition) is 3. The first-order valence-corrected chi connectivity index (χ1v) is 9.26. The van der Waals surface area contributed by atoms with Crippen molar-refractivity contribution in [3.8, 4) is 5.69 Å². The Bertz CT molecular complexity index is 950. The van der Waals surface area contributed by atoms with Crippen LogP contribution in [0.1, 0.15) is 22.3 Å². The van der Waals surface area contributed by atoms with Gasteiger partial charge in [0.15, 0.2) is 0 Å². The first-order chi connectivity index (χ1) is 12.9. The zero-order chi connectivity index (χ0) is 19.0. The van der Waals surface area contributed by atoms with Crippen LogP contribution in [0.15, 0.2) is 65.5 Å². The molecule has 0 bridgehead atoms. The molecule has 4 rings (SSSR count). The maximum Gasteiger partial charge on any atom is 0.416 e. The summed E-state index contributed by atoms with van der Waals surface area (Å²) in [4.78, 5) is 14.0. The summed E-state index contributed by atoms with van der Waals surface area (Å²) in [5.74, 6) is 1.06. The molecule has 0 spiro atoms. The van der Waals surface area contributed by atoms with Crippen molar-refractivity contribution in [1.82, 2.24) is 9.47 Å².